The Kier molecular flexibility index (Phi) is 11.2. The Labute approximate surface area is 160 Å². The first-order valence-electron chi connectivity index (χ1n) is 8.50. The van der Waals surface area contributed by atoms with Crippen molar-refractivity contribution in [2.45, 2.75) is 32.9 Å². The van der Waals surface area contributed by atoms with E-state index in [9.17, 15) is 22.8 Å². The van der Waals surface area contributed by atoms with Crippen LogP contribution in [0.2, 0.25) is 0 Å². The molecule has 0 aliphatic carbocycles. The maximum atomic E-state index is 13.3. The van der Waals surface area contributed by atoms with Gasteiger partial charge in [-0.2, -0.15) is 8.78 Å². The minimum Gasteiger partial charge on any atom is -0.367 e. The molecule has 0 heterocycles. The minimum absolute atomic E-state index is 0. The minimum atomic E-state index is -3.45. The number of nitrogens with two attached hydrogens (primary N) is 1. The first kappa shape index (κ1) is 24.2. The molecule has 1 atom stereocenters. The molecule has 0 saturated heterocycles. The number of primary amides is 1. The van der Waals surface area contributed by atoms with Crippen LogP contribution in [0.15, 0.2) is 60.7 Å². The largest absolute Gasteiger partial charge is 0.367 e. The first-order valence-corrected chi connectivity index (χ1v) is 8.50. The molecule has 7 heteroatoms. The zero-order valence-corrected chi connectivity index (χ0v) is 15.6. The molecule has 3 N–H and O–H groups in total. The Morgan fingerprint density at radius 2 is 1.48 bits per heavy atom. The number of nitrogens with one attached hydrogen (secondary N) is 1. The average Bonchev–Trinajstić information content (AvgIpc) is 2.71. The number of rotatable bonds is 5. The number of halogens is 3. The lowest BCUT2D eigenvalue weighted by atomic mass is 10.1. The van der Waals surface area contributed by atoms with Gasteiger partial charge in [-0.25, -0.2) is 4.39 Å². The van der Waals surface area contributed by atoms with Crippen molar-refractivity contribution in [1.82, 2.24) is 5.32 Å². The molecule has 2 amide bonds. The molecule has 0 aliphatic heterocycles. The van der Waals surface area contributed by atoms with E-state index >= 15 is 0 Å². The fourth-order valence-electron chi connectivity index (χ4n) is 1.84. The van der Waals surface area contributed by atoms with Crippen molar-refractivity contribution >= 4 is 11.8 Å². The molecule has 0 aliphatic rings. The Morgan fingerprint density at radius 3 is 1.89 bits per heavy atom. The number of alkyl halides is 3. The molecule has 152 valence electrons. The summed E-state index contributed by atoms with van der Waals surface area (Å²) in [5, 5.41) is 2.10. The summed E-state index contributed by atoms with van der Waals surface area (Å²) in [6.45, 7) is 5.79. The lowest BCUT2D eigenvalue weighted by Crippen LogP contribution is -2.37. The van der Waals surface area contributed by atoms with Crippen LogP contribution < -0.4 is 11.1 Å². The van der Waals surface area contributed by atoms with Crippen molar-refractivity contribution < 1.29 is 25.6 Å². The van der Waals surface area contributed by atoms with Crippen LogP contribution in [0, 0.1) is 0 Å². The van der Waals surface area contributed by atoms with Gasteiger partial charge in [-0.05, 0) is 12.5 Å². The molecule has 27 heavy (non-hydrogen) atoms. The van der Waals surface area contributed by atoms with E-state index in [0.717, 1.165) is 0 Å². The van der Waals surface area contributed by atoms with Gasteiger partial charge >= 0.3 is 5.92 Å². The van der Waals surface area contributed by atoms with Crippen LogP contribution in [0.4, 0.5) is 13.2 Å². The van der Waals surface area contributed by atoms with Gasteiger partial charge in [-0.3, -0.25) is 9.59 Å². The summed E-state index contributed by atoms with van der Waals surface area (Å²) in [7, 11) is 0. The third kappa shape index (κ3) is 7.94. The van der Waals surface area contributed by atoms with Crippen molar-refractivity contribution in [3.05, 3.63) is 71.8 Å². The summed E-state index contributed by atoms with van der Waals surface area (Å²) >= 11 is 0. The Morgan fingerprint density at radius 1 is 1.04 bits per heavy atom. The second-order valence-corrected chi connectivity index (χ2v) is 4.98. The molecule has 2 aromatic rings. The Hall–Kier alpha value is -2.83. The predicted molar refractivity (Wildman–Crippen MR) is 104 cm³/mol. The van der Waals surface area contributed by atoms with Crippen LogP contribution in [0.5, 0.6) is 0 Å². The van der Waals surface area contributed by atoms with Crippen molar-refractivity contribution in [3.63, 3.8) is 0 Å². The van der Waals surface area contributed by atoms with Gasteiger partial charge in [0.1, 0.15) is 0 Å². The highest BCUT2D eigenvalue weighted by atomic mass is 19.3. The van der Waals surface area contributed by atoms with E-state index in [0.29, 0.717) is 5.56 Å². The third-order valence-corrected chi connectivity index (χ3v) is 3.10. The van der Waals surface area contributed by atoms with Gasteiger partial charge in [0.15, 0.2) is 0 Å². The van der Waals surface area contributed by atoms with E-state index in [1.165, 1.54) is 36.4 Å². The highest BCUT2D eigenvalue weighted by molar-refractivity contribution is 5.84. The quantitative estimate of drug-likeness (QED) is 0.787. The van der Waals surface area contributed by atoms with E-state index in [1.54, 1.807) is 31.2 Å². The molecular formula is C20H29F3N2O2. The van der Waals surface area contributed by atoms with E-state index in [1.807, 2.05) is 13.8 Å². The second kappa shape index (κ2) is 12.5. The van der Waals surface area contributed by atoms with Crippen LogP contribution in [0.1, 0.15) is 40.9 Å². The second-order valence-electron chi connectivity index (χ2n) is 4.98. The molecule has 2 rings (SSSR count). The summed E-state index contributed by atoms with van der Waals surface area (Å²) < 4.78 is 39.4. The predicted octanol–water partition coefficient (Wildman–Crippen LogP) is 4.62. The molecule has 2 aromatic carbocycles. The lowest BCUT2D eigenvalue weighted by Gasteiger charge is -2.15. The SMILES string of the molecule is CC.CCNC(=O)C(F)(F)c1ccccc1.NC(=O)C(F)c1ccccc1.[HH].[HH]. The van der Waals surface area contributed by atoms with Crippen LogP contribution >= 0.6 is 0 Å². The van der Waals surface area contributed by atoms with Gasteiger partial charge in [0.05, 0.1) is 0 Å². The highest BCUT2D eigenvalue weighted by Crippen LogP contribution is 2.27. The molecule has 0 fully saturated rings. The molecular weight excluding hydrogens is 357 g/mol. The summed E-state index contributed by atoms with van der Waals surface area (Å²) in [4.78, 5) is 21.4. The topological polar surface area (TPSA) is 72.2 Å². The van der Waals surface area contributed by atoms with Gasteiger partial charge in [0.25, 0.3) is 11.8 Å². The summed E-state index contributed by atoms with van der Waals surface area (Å²) in [6.07, 6.45) is -1.68. The van der Waals surface area contributed by atoms with Gasteiger partial charge in [-0.15, -0.1) is 0 Å². The summed E-state index contributed by atoms with van der Waals surface area (Å²) in [6, 6.07) is 15.1. The van der Waals surface area contributed by atoms with Gasteiger partial charge < -0.3 is 11.1 Å². The summed E-state index contributed by atoms with van der Waals surface area (Å²) in [5.74, 6) is -5.65. The smallest absolute Gasteiger partial charge is 0.349 e. The number of carbonyl (C=O) groups is 2. The van der Waals surface area contributed by atoms with E-state index in [2.05, 4.69) is 5.32 Å². The number of amides is 2. The van der Waals surface area contributed by atoms with Crippen LogP contribution in [-0.4, -0.2) is 18.4 Å². The van der Waals surface area contributed by atoms with Crippen molar-refractivity contribution in [2.24, 2.45) is 5.73 Å². The molecule has 0 spiro atoms. The molecule has 0 aromatic heterocycles. The summed E-state index contributed by atoms with van der Waals surface area (Å²) in [5.41, 5.74) is 4.77. The molecule has 1 unspecified atom stereocenters. The third-order valence-electron chi connectivity index (χ3n) is 3.10. The zero-order valence-electron chi connectivity index (χ0n) is 15.6. The molecule has 0 saturated carbocycles. The Bertz CT molecular complexity index is 691. The van der Waals surface area contributed by atoms with Gasteiger partial charge in [-0.1, -0.05) is 74.5 Å². The maximum Gasteiger partial charge on any atom is 0.349 e. The zero-order chi connectivity index (χ0) is 20.9. The fraction of sp³-hybridized carbons (Fsp3) is 0.300. The fourth-order valence-corrected chi connectivity index (χ4v) is 1.84. The number of likely N-dealkylation sites (N-methyl/N-ethyl adjacent to an activating group) is 1. The lowest BCUT2D eigenvalue weighted by molar-refractivity contribution is -0.146. The monoisotopic (exact) mass is 386 g/mol. The van der Waals surface area contributed by atoms with Crippen LogP contribution in [0.3, 0.4) is 0 Å². The van der Waals surface area contributed by atoms with Crippen molar-refractivity contribution in [2.75, 3.05) is 6.54 Å². The van der Waals surface area contributed by atoms with Crippen molar-refractivity contribution in [1.29, 1.82) is 0 Å². The average molecular weight is 386 g/mol. The number of carbonyl (C=O) groups excluding carboxylic acids is 2. The van der Waals surface area contributed by atoms with E-state index in [-0.39, 0.29) is 15.0 Å². The van der Waals surface area contributed by atoms with E-state index in [4.69, 9.17) is 5.73 Å². The normalized spacial score (nSPS) is 11.0. The number of benzene rings is 2. The van der Waals surface area contributed by atoms with Crippen molar-refractivity contribution in [3.8, 4) is 0 Å². The molecule has 0 bridgehead atoms. The molecule has 4 nitrogen and oxygen atoms in total. The van der Waals surface area contributed by atoms with Crippen LogP contribution in [-0.2, 0) is 15.5 Å². The van der Waals surface area contributed by atoms with Crippen LogP contribution in [0.25, 0.3) is 0 Å². The van der Waals surface area contributed by atoms with Gasteiger partial charge in [0, 0.05) is 15.0 Å². The maximum absolute atomic E-state index is 13.3. The first-order chi connectivity index (χ1) is 12.8. The van der Waals surface area contributed by atoms with E-state index < -0.39 is 23.9 Å². The number of hydrogen-bond acceptors (Lipinski definition) is 2. The Balaban J connectivity index is -0.000000411. The van der Waals surface area contributed by atoms with Gasteiger partial charge in [0.2, 0.25) is 6.17 Å². The highest BCUT2D eigenvalue weighted by Gasteiger charge is 2.40. The number of hydrogen-bond donors (Lipinski definition) is 2. The molecule has 0 radical (unpaired) electrons. The standard InChI is InChI=1S/C10H11F2NO.C8H8FNO.C2H6.2H2/c1-2-13-9(14)10(11,12)8-6-4-3-5-7-8;9-7(8(10)11)6-4-2-1-3-5-6;1-2;;/h3-7H,2H2,1H3,(H,13,14);1-5,7H,(H2,10,11);1-2H3;2*1H.